The van der Waals surface area contributed by atoms with E-state index in [0.29, 0.717) is 6.61 Å². The van der Waals surface area contributed by atoms with Crippen molar-refractivity contribution in [3.8, 4) is 0 Å². The van der Waals surface area contributed by atoms with Crippen molar-refractivity contribution in [2.24, 2.45) is 0 Å². The van der Waals surface area contributed by atoms with Gasteiger partial charge in [0.2, 0.25) is 0 Å². The van der Waals surface area contributed by atoms with E-state index in [9.17, 15) is 4.79 Å². The zero-order valence-electron chi connectivity index (χ0n) is 11.7. The van der Waals surface area contributed by atoms with Gasteiger partial charge in [-0.25, -0.2) is 0 Å². The van der Waals surface area contributed by atoms with Crippen LogP contribution < -0.4 is 0 Å². The highest BCUT2D eigenvalue weighted by molar-refractivity contribution is 7.08. The molecule has 4 rings (SSSR count). The molecule has 2 aromatic heterocycles. The van der Waals surface area contributed by atoms with E-state index in [-0.39, 0.29) is 11.9 Å². The summed E-state index contributed by atoms with van der Waals surface area (Å²) in [5.74, 6) is 0.118. The van der Waals surface area contributed by atoms with E-state index >= 15 is 0 Å². The Labute approximate surface area is 126 Å². The molecule has 110 valence electrons. The molecule has 1 amide bonds. The lowest BCUT2D eigenvalue weighted by Gasteiger charge is -2.24. The van der Waals surface area contributed by atoms with E-state index in [0.717, 1.165) is 49.2 Å². The summed E-state index contributed by atoms with van der Waals surface area (Å²) in [4.78, 5) is 14.6. The lowest BCUT2D eigenvalue weighted by Crippen LogP contribution is -2.31. The van der Waals surface area contributed by atoms with Gasteiger partial charge in [0.15, 0.2) is 0 Å². The van der Waals surface area contributed by atoms with Crippen LogP contribution in [-0.4, -0.2) is 34.2 Å². The summed E-state index contributed by atoms with van der Waals surface area (Å²) >= 11 is 1.56. The Morgan fingerprint density at radius 3 is 3.33 bits per heavy atom. The van der Waals surface area contributed by atoms with Crippen LogP contribution in [0.1, 0.15) is 46.2 Å². The quantitative estimate of drug-likeness (QED) is 0.927. The van der Waals surface area contributed by atoms with Gasteiger partial charge in [-0.05, 0) is 24.3 Å². The second-order valence-corrected chi connectivity index (χ2v) is 6.32. The second-order valence-electron chi connectivity index (χ2n) is 5.54. The van der Waals surface area contributed by atoms with Crippen molar-refractivity contribution in [2.45, 2.75) is 31.9 Å². The first-order valence-corrected chi connectivity index (χ1v) is 8.26. The molecule has 2 aliphatic rings. The van der Waals surface area contributed by atoms with Gasteiger partial charge < -0.3 is 9.64 Å². The van der Waals surface area contributed by atoms with Crippen molar-refractivity contribution in [1.29, 1.82) is 0 Å². The zero-order valence-corrected chi connectivity index (χ0v) is 12.5. The summed E-state index contributed by atoms with van der Waals surface area (Å²) in [7, 11) is 0. The van der Waals surface area contributed by atoms with Crippen LogP contribution in [0.5, 0.6) is 0 Å². The maximum absolute atomic E-state index is 12.6. The number of thiophene rings is 1. The number of hydrogen-bond donors (Lipinski definition) is 1. The molecule has 1 N–H and O–H groups in total. The van der Waals surface area contributed by atoms with Crippen molar-refractivity contribution >= 4 is 17.2 Å². The van der Waals surface area contributed by atoms with E-state index in [1.54, 1.807) is 11.3 Å². The molecule has 0 spiro atoms. The molecule has 0 aliphatic carbocycles. The zero-order chi connectivity index (χ0) is 14.2. The highest BCUT2D eigenvalue weighted by Gasteiger charge is 2.35. The molecule has 5 nitrogen and oxygen atoms in total. The molecule has 4 heterocycles. The van der Waals surface area contributed by atoms with E-state index in [2.05, 4.69) is 10.2 Å². The number of rotatable bonds is 2. The first-order chi connectivity index (χ1) is 10.3. The smallest absolute Gasteiger partial charge is 0.255 e. The number of ether oxygens (including phenoxy) is 1. The Kier molecular flexibility index (Phi) is 3.27. The Bertz CT molecular complexity index is 650. The van der Waals surface area contributed by atoms with Crippen LogP contribution in [0.3, 0.4) is 0 Å². The molecule has 21 heavy (non-hydrogen) atoms. The largest absolute Gasteiger partial charge is 0.376 e. The van der Waals surface area contributed by atoms with Crippen LogP contribution in [0.4, 0.5) is 0 Å². The molecule has 0 bridgehead atoms. The molecule has 1 saturated heterocycles. The van der Waals surface area contributed by atoms with Gasteiger partial charge in [-0.2, -0.15) is 16.4 Å². The van der Waals surface area contributed by atoms with Gasteiger partial charge >= 0.3 is 0 Å². The van der Waals surface area contributed by atoms with E-state index in [4.69, 9.17) is 4.74 Å². The van der Waals surface area contributed by atoms with Gasteiger partial charge in [-0.3, -0.25) is 9.89 Å². The first kappa shape index (κ1) is 13.0. The average molecular weight is 303 g/mol. The van der Waals surface area contributed by atoms with E-state index in [1.807, 2.05) is 21.7 Å². The maximum atomic E-state index is 12.6. The maximum Gasteiger partial charge on any atom is 0.255 e. The normalized spacial score (nSPS) is 21.5. The van der Waals surface area contributed by atoms with Gasteiger partial charge in [-0.1, -0.05) is 0 Å². The fourth-order valence-corrected chi connectivity index (χ4v) is 3.88. The van der Waals surface area contributed by atoms with Gasteiger partial charge in [0.1, 0.15) is 0 Å². The minimum atomic E-state index is 0.0825. The number of amides is 1. The number of carbonyl (C=O) groups excluding carboxylic acids is 1. The minimum absolute atomic E-state index is 0.0825. The minimum Gasteiger partial charge on any atom is -0.376 e. The standard InChI is InChI=1S/C15H17N3O2S/c19-15(10-4-7-21-9-10)18-5-1-2-13(18)14-11-8-20-6-3-12(11)16-17-14/h4,7,9,13H,1-3,5-6,8H2,(H,16,17)/t13-/m0/s1. The molecular weight excluding hydrogens is 286 g/mol. The van der Waals surface area contributed by atoms with Gasteiger partial charge in [0, 0.05) is 29.6 Å². The molecular formula is C15H17N3O2S. The number of aromatic nitrogens is 2. The summed E-state index contributed by atoms with van der Waals surface area (Å²) in [5.41, 5.74) is 4.13. The Balaban J connectivity index is 1.65. The predicted molar refractivity (Wildman–Crippen MR) is 79.3 cm³/mol. The molecule has 0 saturated carbocycles. The molecule has 1 fully saturated rings. The van der Waals surface area contributed by atoms with E-state index < -0.39 is 0 Å². The number of carbonyl (C=O) groups is 1. The number of hydrogen-bond acceptors (Lipinski definition) is 4. The van der Waals surface area contributed by atoms with Crippen LogP contribution in [-0.2, 0) is 17.8 Å². The topological polar surface area (TPSA) is 58.2 Å². The lowest BCUT2D eigenvalue weighted by molar-refractivity contribution is 0.0727. The molecule has 6 heteroatoms. The van der Waals surface area contributed by atoms with E-state index in [1.165, 1.54) is 5.69 Å². The summed E-state index contributed by atoms with van der Waals surface area (Å²) in [6.45, 7) is 2.16. The first-order valence-electron chi connectivity index (χ1n) is 7.31. The van der Waals surface area contributed by atoms with Gasteiger partial charge in [-0.15, -0.1) is 0 Å². The molecule has 2 aliphatic heterocycles. The fraction of sp³-hybridized carbons (Fsp3) is 0.467. The Morgan fingerprint density at radius 1 is 1.52 bits per heavy atom. The fourth-order valence-electron chi connectivity index (χ4n) is 3.26. The Hall–Kier alpha value is -1.66. The van der Waals surface area contributed by atoms with Gasteiger partial charge in [0.05, 0.1) is 30.5 Å². The lowest BCUT2D eigenvalue weighted by atomic mass is 10.0. The summed E-state index contributed by atoms with van der Waals surface area (Å²) in [6, 6.07) is 1.98. The van der Waals surface area contributed by atoms with Crippen LogP contribution >= 0.6 is 11.3 Å². The summed E-state index contributed by atoms with van der Waals surface area (Å²) in [5, 5.41) is 11.5. The highest BCUT2D eigenvalue weighted by atomic mass is 32.1. The van der Waals surface area contributed by atoms with Crippen molar-refractivity contribution in [3.05, 3.63) is 39.3 Å². The summed E-state index contributed by atoms with van der Waals surface area (Å²) in [6.07, 6.45) is 2.89. The third-order valence-corrected chi connectivity index (χ3v) is 5.01. The molecule has 0 aromatic carbocycles. The van der Waals surface area contributed by atoms with Gasteiger partial charge in [0.25, 0.3) is 5.91 Å². The third kappa shape index (κ3) is 2.18. The van der Waals surface area contributed by atoms with Crippen molar-refractivity contribution in [2.75, 3.05) is 13.2 Å². The monoisotopic (exact) mass is 303 g/mol. The highest BCUT2D eigenvalue weighted by Crippen LogP contribution is 2.36. The molecule has 1 atom stereocenters. The Morgan fingerprint density at radius 2 is 2.48 bits per heavy atom. The predicted octanol–water partition coefficient (Wildman–Crippen LogP) is 2.52. The average Bonchev–Trinajstić information content (AvgIpc) is 3.25. The van der Waals surface area contributed by atoms with Crippen molar-refractivity contribution in [1.82, 2.24) is 15.1 Å². The molecule has 0 unspecified atom stereocenters. The number of nitrogens with one attached hydrogen (secondary N) is 1. The number of H-pyrrole nitrogens is 1. The summed E-state index contributed by atoms with van der Waals surface area (Å²) < 4.78 is 5.56. The van der Waals surface area contributed by atoms with Crippen LogP contribution in [0, 0.1) is 0 Å². The number of aromatic amines is 1. The van der Waals surface area contributed by atoms with Crippen LogP contribution in [0.25, 0.3) is 0 Å². The molecule has 0 radical (unpaired) electrons. The van der Waals surface area contributed by atoms with Crippen LogP contribution in [0.2, 0.25) is 0 Å². The third-order valence-electron chi connectivity index (χ3n) is 4.32. The van der Waals surface area contributed by atoms with Crippen LogP contribution in [0.15, 0.2) is 16.8 Å². The number of fused-ring (bicyclic) bond motifs is 1. The SMILES string of the molecule is O=C(c1ccsc1)N1CCC[C@H]1c1n[nH]c2c1COCC2. The molecule has 2 aromatic rings. The number of likely N-dealkylation sites (tertiary alicyclic amines) is 1. The number of nitrogens with zero attached hydrogens (tertiary/aromatic N) is 2. The van der Waals surface area contributed by atoms with Crippen molar-refractivity contribution < 1.29 is 9.53 Å². The van der Waals surface area contributed by atoms with Crippen molar-refractivity contribution in [3.63, 3.8) is 0 Å². The second kappa shape index (κ2) is 5.27.